The maximum Gasteiger partial charge on any atom is 0.107 e. The zero-order chi connectivity index (χ0) is 14.7. The van der Waals surface area contributed by atoms with Crippen molar-refractivity contribution in [3.05, 3.63) is 36.0 Å². The highest BCUT2D eigenvalue weighted by Gasteiger charge is 2.54. The molecule has 2 nitrogen and oxygen atoms in total. The summed E-state index contributed by atoms with van der Waals surface area (Å²) in [7, 11) is 0. The molecule has 0 saturated heterocycles. The molecule has 1 unspecified atom stereocenters. The molecule has 2 saturated carbocycles. The lowest BCUT2D eigenvalue weighted by Gasteiger charge is -2.54. The Bertz CT molecular complexity index is 558. The molecule has 0 spiro atoms. The van der Waals surface area contributed by atoms with Crippen LogP contribution < -0.4 is 0 Å². The van der Waals surface area contributed by atoms with Gasteiger partial charge in [0.2, 0.25) is 0 Å². The molecule has 4 aliphatic rings. The molecule has 4 rings (SSSR count). The maximum atomic E-state index is 7.28. The Balaban J connectivity index is 1.74. The van der Waals surface area contributed by atoms with E-state index < -0.39 is 0 Å². The Kier molecular flexibility index (Phi) is 2.83. The molecule has 2 heteroatoms. The van der Waals surface area contributed by atoms with Crippen molar-refractivity contribution in [2.75, 3.05) is 0 Å². The largest absolute Gasteiger partial charge is 0.209 e. The van der Waals surface area contributed by atoms with Crippen molar-refractivity contribution in [1.29, 1.82) is 5.53 Å². The van der Waals surface area contributed by atoms with E-state index in [4.69, 9.17) is 5.53 Å². The Morgan fingerprint density at radius 1 is 1.14 bits per heavy atom. The van der Waals surface area contributed by atoms with Gasteiger partial charge >= 0.3 is 0 Å². The third-order valence-corrected chi connectivity index (χ3v) is 7.14. The van der Waals surface area contributed by atoms with E-state index in [1.54, 1.807) is 0 Å². The van der Waals surface area contributed by atoms with Crippen LogP contribution in [0.25, 0.3) is 0 Å². The van der Waals surface area contributed by atoms with Crippen LogP contribution in [-0.4, -0.2) is 6.04 Å². The molecular formula is C19H26N2. The van der Waals surface area contributed by atoms with Crippen LogP contribution >= 0.6 is 0 Å². The van der Waals surface area contributed by atoms with Gasteiger partial charge in [0.1, 0.15) is 6.04 Å². The number of hydrogen-bond donors (Lipinski definition) is 1. The molecule has 21 heavy (non-hydrogen) atoms. The quantitative estimate of drug-likeness (QED) is 0.501. The van der Waals surface area contributed by atoms with Gasteiger partial charge in [-0.15, -0.1) is 0 Å². The van der Waals surface area contributed by atoms with E-state index >= 15 is 0 Å². The van der Waals surface area contributed by atoms with Gasteiger partial charge in [0.05, 0.1) is 0 Å². The fourth-order valence-electron chi connectivity index (χ4n) is 5.83. The van der Waals surface area contributed by atoms with Crippen LogP contribution in [0.3, 0.4) is 0 Å². The number of hydrogen-bond acceptors (Lipinski definition) is 2. The van der Waals surface area contributed by atoms with Crippen molar-refractivity contribution < 1.29 is 0 Å². The second-order valence-electron chi connectivity index (χ2n) is 8.12. The summed E-state index contributed by atoms with van der Waals surface area (Å²) < 4.78 is 0. The summed E-state index contributed by atoms with van der Waals surface area (Å²) in [5.74, 6) is 2.38. The Hall–Kier alpha value is -1.18. The first kappa shape index (κ1) is 13.5. The lowest BCUT2D eigenvalue weighted by Crippen LogP contribution is -2.46. The second-order valence-corrected chi connectivity index (χ2v) is 8.12. The van der Waals surface area contributed by atoms with Gasteiger partial charge in [-0.2, -0.15) is 5.11 Å². The van der Waals surface area contributed by atoms with Gasteiger partial charge in [0.15, 0.2) is 0 Å². The summed E-state index contributed by atoms with van der Waals surface area (Å²) >= 11 is 0. The number of fused-ring (bicyclic) bond motifs is 5. The molecule has 0 heterocycles. The van der Waals surface area contributed by atoms with Crippen molar-refractivity contribution >= 4 is 0 Å². The Labute approximate surface area is 127 Å². The van der Waals surface area contributed by atoms with Gasteiger partial charge in [-0.3, -0.25) is 0 Å². The van der Waals surface area contributed by atoms with Crippen molar-refractivity contribution in [3.63, 3.8) is 0 Å². The van der Waals surface area contributed by atoms with E-state index in [1.165, 1.54) is 37.7 Å². The van der Waals surface area contributed by atoms with Gasteiger partial charge < -0.3 is 0 Å². The van der Waals surface area contributed by atoms with E-state index in [2.05, 4.69) is 49.3 Å². The van der Waals surface area contributed by atoms with E-state index in [-0.39, 0.29) is 11.5 Å². The van der Waals surface area contributed by atoms with Crippen LogP contribution in [0, 0.1) is 34.1 Å². The Morgan fingerprint density at radius 3 is 2.81 bits per heavy atom. The van der Waals surface area contributed by atoms with Gasteiger partial charge in [-0.25, -0.2) is 5.53 Å². The highest BCUT2D eigenvalue weighted by molar-refractivity contribution is 5.42. The molecule has 0 aromatic rings. The minimum Gasteiger partial charge on any atom is -0.209 e. The number of rotatable bonds is 1. The molecule has 1 N–H and O–H groups in total. The van der Waals surface area contributed by atoms with Crippen LogP contribution in [0.1, 0.15) is 46.0 Å². The zero-order valence-corrected chi connectivity index (χ0v) is 13.2. The number of nitrogens with zero attached hydrogens (tertiary/aromatic N) is 1. The summed E-state index contributed by atoms with van der Waals surface area (Å²) in [6, 6.07) is -0.0467. The molecule has 0 bridgehead atoms. The molecule has 0 amide bonds. The van der Waals surface area contributed by atoms with Crippen LogP contribution in [0.5, 0.6) is 0 Å². The first-order valence-corrected chi connectivity index (χ1v) is 8.53. The average Bonchev–Trinajstić information content (AvgIpc) is 2.88. The molecule has 0 aromatic heterocycles. The number of allylic oxidation sites excluding steroid dienone is 4. The Morgan fingerprint density at radius 2 is 2.00 bits per heavy atom. The minimum atomic E-state index is -0.0467. The monoisotopic (exact) mass is 282 g/mol. The summed E-state index contributed by atoms with van der Waals surface area (Å²) in [5, 5.41) is 3.69. The molecule has 2 fully saturated rings. The van der Waals surface area contributed by atoms with Crippen molar-refractivity contribution in [1.82, 2.24) is 0 Å². The molecule has 0 aromatic carbocycles. The van der Waals surface area contributed by atoms with Crippen LogP contribution in [0.4, 0.5) is 0 Å². The van der Waals surface area contributed by atoms with Crippen molar-refractivity contribution in [2.45, 2.75) is 52.0 Å². The predicted octanol–water partition coefficient (Wildman–Crippen LogP) is 5.29. The first-order chi connectivity index (χ1) is 10.1. The van der Waals surface area contributed by atoms with E-state index in [1.807, 2.05) is 0 Å². The highest BCUT2D eigenvalue weighted by Crippen LogP contribution is 2.62. The SMILES string of the molecule is C[C@@]12CCC[C@H]1[C@@H]1C=CC3=CC(N=N)C=C[C@]3(C)[C@H]1CC2. The van der Waals surface area contributed by atoms with Crippen molar-refractivity contribution in [3.8, 4) is 0 Å². The van der Waals surface area contributed by atoms with Crippen LogP contribution in [0.2, 0.25) is 0 Å². The molecule has 6 atom stereocenters. The van der Waals surface area contributed by atoms with Gasteiger partial charge in [-0.05, 0) is 54.4 Å². The summed E-state index contributed by atoms with van der Waals surface area (Å²) in [4.78, 5) is 0. The maximum absolute atomic E-state index is 7.28. The fraction of sp³-hybridized carbons (Fsp3) is 0.684. The van der Waals surface area contributed by atoms with Gasteiger partial charge in [0, 0.05) is 5.41 Å². The average molecular weight is 282 g/mol. The van der Waals surface area contributed by atoms with E-state index in [0.29, 0.717) is 5.41 Å². The molecule has 4 aliphatic carbocycles. The topological polar surface area (TPSA) is 36.2 Å². The van der Waals surface area contributed by atoms with E-state index in [0.717, 1.165) is 17.8 Å². The third kappa shape index (κ3) is 1.77. The lowest BCUT2D eigenvalue weighted by atomic mass is 9.50. The standard InChI is InChI=1S/C19H26N2/c1-18-9-3-4-16(18)15-6-5-13-12-14(21-20)7-11-19(13,2)17(15)8-10-18/h5-7,11-12,14-17,20H,3-4,8-10H2,1-2H3/t14?,15-,16-,17-,18-,19-/m0/s1. The van der Waals surface area contributed by atoms with Crippen LogP contribution in [-0.2, 0) is 0 Å². The summed E-state index contributed by atoms with van der Waals surface area (Å²) in [6.07, 6.45) is 18.6. The van der Waals surface area contributed by atoms with Gasteiger partial charge in [0.25, 0.3) is 0 Å². The number of nitrogens with one attached hydrogen (secondary N) is 1. The van der Waals surface area contributed by atoms with Crippen LogP contribution in [0.15, 0.2) is 41.1 Å². The van der Waals surface area contributed by atoms with Gasteiger partial charge in [-0.1, -0.05) is 50.6 Å². The molecule has 0 aliphatic heterocycles. The summed E-state index contributed by atoms with van der Waals surface area (Å²) in [5.41, 5.74) is 9.44. The summed E-state index contributed by atoms with van der Waals surface area (Å²) in [6.45, 7) is 4.95. The fourth-order valence-corrected chi connectivity index (χ4v) is 5.83. The predicted molar refractivity (Wildman–Crippen MR) is 85.1 cm³/mol. The minimum absolute atomic E-state index is 0.0467. The molecule has 112 valence electrons. The molecular weight excluding hydrogens is 256 g/mol. The second kappa shape index (κ2) is 4.41. The molecule has 0 radical (unpaired) electrons. The lowest BCUT2D eigenvalue weighted by molar-refractivity contribution is 0.0260. The first-order valence-electron chi connectivity index (χ1n) is 8.53. The third-order valence-electron chi connectivity index (χ3n) is 7.14. The highest BCUT2D eigenvalue weighted by atomic mass is 15.0. The normalized spacial score (nSPS) is 50.9. The van der Waals surface area contributed by atoms with Crippen molar-refractivity contribution in [2.24, 2.45) is 33.7 Å². The smallest absolute Gasteiger partial charge is 0.107 e. The zero-order valence-electron chi connectivity index (χ0n) is 13.2. The van der Waals surface area contributed by atoms with E-state index in [9.17, 15) is 0 Å².